The van der Waals surface area contributed by atoms with Crippen LogP contribution in [0.1, 0.15) is 18.4 Å². The number of halogens is 3. The van der Waals surface area contributed by atoms with Gasteiger partial charge in [-0.3, -0.25) is 0 Å². The van der Waals surface area contributed by atoms with E-state index in [9.17, 15) is 13.2 Å². The fourth-order valence-electron chi connectivity index (χ4n) is 2.47. The molecule has 1 radical (unpaired) electrons. The summed E-state index contributed by atoms with van der Waals surface area (Å²) in [6.45, 7) is 1.37. The van der Waals surface area contributed by atoms with Gasteiger partial charge in [-0.15, -0.1) is 11.3 Å². The summed E-state index contributed by atoms with van der Waals surface area (Å²) < 4.78 is 39.8. The molecule has 0 spiro atoms. The van der Waals surface area contributed by atoms with Crippen molar-refractivity contribution >= 4 is 17.0 Å². The van der Waals surface area contributed by atoms with Crippen molar-refractivity contribution in [1.29, 1.82) is 0 Å². The van der Waals surface area contributed by atoms with Crippen LogP contribution in [0.15, 0.2) is 23.6 Å². The Balaban J connectivity index is 2.07. The number of benzene rings is 1. The average Bonchev–Trinajstić information content (AvgIpc) is 3.10. The smallest absolute Gasteiger partial charge is 0.371 e. The van der Waals surface area contributed by atoms with Crippen LogP contribution in [0.3, 0.4) is 0 Å². The Morgan fingerprint density at radius 3 is 2.55 bits per heavy atom. The van der Waals surface area contributed by atoms with E-state index in [2.05, 4.69) is 10.5 Å². The molecule has 20 heavy (non-hydrogen) atoms. The minimum absolute atomic E-state index is 0.276. The van der Waals surface area contributed by atoms with Crippen molar-refractivity contribution in [3.05, 3.63) is 34.7 Å². The highest BCUT2D eigenvalue weighted by atomic mass is 32.1. The molecule has 2 aromatic rings. The third-order valence-corrected chi connectivity index (χ3v) is 3.97. The molecule has 1 saturated heterocycles. The predicted molar refractivity (Wildman–Crippen MR) is 72.8 cm³/mol. The van der Waals surface area contributed by atoms with E-state index in [1.54, 1.807) is 22.4 Å². The summed E-state index contributed by atoms with van der Waals surface area (Å²) >= 11 is 1.25. The highest BCUT2D eigenvalue weighted by molar-refractivity contribution is 7.07. The van der Waals surface area contributed by atoms with E-state index in [-0.39, 0.29) is 5.69 Å². The molecule has 1 fully saturated rings. The van der Waals surface area contributed by atoms with Gasteiger partial charge < -0.3 is 4.90 Å². The van der Waals surface area contributed by atoms with Crippen LogP contribution in [0, 0.1) is 5.51 Å². The molecular weight excluding hydrogens is 285 g/mol. The normalized spacial score (nSPS) is 15.8. The van der Waals surface area contributed by atoms with Crippen LogP contribution < -0.4 is 4.90 Å². The molecule has 2 nitrogen and oxygen atoms in total. The molecule has 6 heteroatoms. The number of hydrogen-bond donors (Lipinski definition) is 0. The van der Waals surface area contributed by atoms with Crippen LogP contribution in [0.25, 0.3) is 11.3 Å². The number of alkyl halides is 3. The predicted octanol–water partition coefficient (Wildman–Crippen LogP) is 4.23. The maximum absolute atomic E-state index is 13.3. The van der Waals surface area contributed by atoms with Gasteiger partial charge in [-0.05, 0) is 25.0 Å². The van der Waals surface area contributed by atoms with Crippen LogP contribution >= 0.6 is 11.3 Å². The van der Waals surface area contributed by atoms with Crippen molar-refractivity contribution in [1.82, 2.24) is 4.98 Å². The maximum Gasteiger partial charge on any atom is 0.418 e. The van der Waals surface area contributed by atoms with E-state index in [0.717, 1.165) is 12.8 Å². The second kappa shape index (κ2) is 5.09. The van der Waals surface area contributed by atoms with Crippen molar-refractivity contribution in [2.75, 3.05) is 18.0 Å². The molecule has 0 amide bonds. The third-order valence-electron chi connectivity index (χ3n) is 3.43. The molecule has 3 rings (SSSR count). The summed E-state index contributed by atoms with van der Waals surface area (Å²) in [7, 11) is 0. The zero-order chi connectivity index (χ0) is 14.2. The monoisotopic (exact) mass is 297 g/mol. The Kier molecular flexibility index (Phi) is 3.41. The van der Waals surface area contributed by atoms with Gasteiger partial charge in [-0.2, -0.15) is 13.2 Å². The summed E-state index contributed by atoms with van der Waals surface area (Å²) in [5.74, 6) is 0. The van der Waals surface area contributed by atoms with E-state index >= 15 is 0 Å². The van der Waals surface area contributed by atoms with Crippen molar-refractivity contribution in [2.45, 2.75) is 19.0 Å². The highest BCUT2D eigenvalue weighted by Crippen LogP contribution is 2.39. The van der Waals surface area contributed by atoms with Crippen molar-refractivity contribution < 1.29 is 13.2 Å². The number of anilines is 1. The molecule has 1 aromatic heterocycles. The molecule has 0 saturated carbocycles. The van der Waals surface area contributed by atoms with E-state index in [4.69, 9.17) is 0 Å². The van der Waals surface area contributed by atoms with Gasteiger partial charge in [0.25, 0.3) is 0 Å². The fourth-order valence-corrected chi connectivity index (χ4v) is 2.98. The molecule has 2 heterocycles. The topological polar surface area (TPSA) is 16.1 Å². The van der Waals surface area contributed by atoms with E-state index < -0.39 is 11.7 Å². The van der Waals surface area contributed by atoms with Crippen molar-refractivity contribution in [3.63, 3.8) is 0 Å². The molecule has 0 atom stereocenters. The van der Waals surface area contributed by atoms with Crippen LogP contribution in [-0.2, 0) is 6.18 Å². The molecular formula is C14H12F3N2S. The second-order valence-electron chi connectivity index (χ2n) is 4.75. The SMILES string of the molecule is FC(F)(F)c1cc(-c2cs[c]n2)ccc1N1CCCC1. The largest absolute Gasteiger partial charge is 0.418 e. The van der Waals surface area contributed by atoms with Gasteiger partial charge in [-0.25, -0.2) is 4.98 Å². The second-order valence-corrected chi connectivity index (χ2v) is 5.40. The summed E-state index contributed by atoms with van der Waals surface area (Å²) in [5.41, 5.74) is 3.37. The Morgan fingerprint density at radius 1 is 1.20 bits per heavy atom. The molecule has 0 N–H and O–H groups in total. The lowest BCUT2D eigenvalue weighted by Crippen LogP contribution is -2.22. The van der Waals surface area contributed by atoms with Crippen molar-refractivity contribution in [2.24, 2.45) is 0 Å². The van der Waals surface area contributed by atoms with Gasteiger partial charge in [0.2, 0.25) is 0 Å². The number of hydrogen-bond acceptors (Lipinski definition) is 3. The Labute approximate surface area is 118 Å². The quantitative estimate of drug-likeness (QED) is 0.824. The first-order valence-corrected chi connectivity index (χ1v) is 7.22. The fraction of sp³-hybridized carbons (Fsp3) is 0.357. The molecule has 105 valence electrons. The van der Waals surface area contributed by atoms with Crippen LogP contribution in [0.4, 0.5) is 18.9 Å². The molecule has 0 bridgehead atoms. The Hall–Kier alpha value is -1.56. The van der Waals surface area contributed by atoms with Gasteiger partial charge in [0, 0.05) is 29.7 Å². The van der Waals surface area contributed by atoms with Crippen molar-refractivity contribution in [3.8, 4) is 11.3 Å². The minimum atomic E-state index is -4.35. The van der Waals surface area contributed by atoms with Crippen LogP contribution in [0.5, 0.6) is 0 Å². The third kappa shape index (κ3) is 2.52. The van der Waals surface area contributed by atoms with Gasteiger partial charge in [0.1, 0.15) is 0 Å². The maximum atomic E-state index is 13.3. The molecule has 1 aromatic carbocycles. The van der Waals surface area contributed by atoms with Gasteiger partial charge >= 0.3 is 6.18 Å². The van der Waals surface area contributed by atoms with Gasteiger partial charge in [0.05, 0.1) is 11.3 Å². The molecule has 1 aliphatic rings. The lowest BCUT2D eigenvalue weighted by molar-refractivity contribution is -0.137. The van der Waals surface area contributed by atoms with E-state index in [1.165, 1.54) is 17.4 Å². The van der Waals surface area contributed by atoms with E-state index in [0.29, 0.717) is 24.3 Å². The summed E-state index contributed by atoms with van der Waals surface area (Å²) in [4.78, 5) is 5.75. The Morgan fingerprint density at radius 2 is 1.95 bits per heavy atom. The molecule has 1 aliphatic heterocycles. The van der Waals surface area contributed by atoms with Gasteiger partial charge in [-0.1, -0.05) is 6.07 Å². The minimum Gasteiger partial charge on any atom is -0.371 e. The summed E-state index contributed by atoms with van der Waals surface area (Å²) in [5, 5.41) is 1.70. The lowest BCUT2D eigenvalue weighted by Gasteiger charge is -2.23. The van der Waals surface area contributed by atoms with Gasteiger partial charge in [0.15, 0.2) is 5.51 Å². The molecule has 0 aliphatic carbocycles. The first-order valence-electron chi connectivity index (χ1n) is 6.34. The Bertz CT molecular complexity index is 587. The first kappa shape index (κ1) is 13.4. The first-order chi connectivity index (χ1) is 9.55. The highest BCUT2D eigenvalue weighted by Gasteiger charge is 2.35. The van der Waals surface area contributed by atoms with Crippen LogP contribution in [0.2, 0.25) is 0 Å². The summed E-state index contributed by atoms with van der Waals surface area (Å²) in [6.07, 6.45) is -2.46. The zero-order valence-electron chi connectivity index (χ0n) is 10.6. The summed E-state index contributed by atoms with van der Waals surface area (Å²) in [6, 6.07) is 4.45. The number of nitrogens with zero attached hydrogens (tertiary/aromatic N) is 2. The standard InChI is InChI=1S/C14H12F3N2S/c15-14(16,17)11-7-10(12-8-20-9-18-12)3-4-13(11)19-5-1-2-6-19/h3-4,7-8H,1-2,5-6H2. The van der Waals surface area contributed by atoms with Crippen LogP contribution in [-0.4, -0.2) is 18.1 Å². The zero-order valence-corrected chi connectivity index (χ0v) is 11.4. The van der Waals surface area contributed by atoms with E-state index in [1.807, 2.05) is 0 Å². The average molecular weight is 297 g/mol. The number of aromatic nitrogens is 1. The lowest BCUT2D eigenvalue weighted by atomic mass is 10.1. The molecule has 0 unspecified atom stereocenters. The number of rotatable bonds is 2. The number of thiazole rings is 1.